The average Bonchev–Trinajstić information content (AvgIpc) is 2.73. The van der Waals surface area contributed by atoms with Crippen LogP contribution in [0.5, 0.6) is 0 Å². The van der Waals surface area contributed by atoms with Crippen LogP contribution in [0.15, 0.2) is 0 Å². The second-order valence-corrected chi connectivity index (χ2v) is 35.0. The molecule has 0 amide bonds. The minimum absolute atomic E-state index is 0. The van der Waals surface area contributed by atoms with E-state index in [9.17, 15) is 19.2 Å². The van der Waals surface area contributed by atoms with Crippen molar-refractivity contribution in [2.75, 3.05) is 0 Å². The predicted octanol–water partition coefficient (Wildman–Crippen LogP) is 5.91. The van der Waals surface area contributed by atoms with E-state index in [1.54, 1.807) is 0 Å². The van der Waals surface area contributed by atoms with Crippen LogP contribution >= 0.6 is 0 Å². The summed E-state index contributed by atoms with van der Waals surface area (Å²) in [6.45, 7) is 65.7. The van der Waals surface area contributed by atoms with Crippen molar-refractivity contribution < 1.29 is 155 Å². The normalized spacial score (nSPS) is 14.7. The number of rotatable bonds is 12. The molecule has 0 rings (SSSR count). The van der Waals surface area contributed by atoms with Gasteiger partial charge in [-0.05, 0) is 249 Å². The summed E-state index contributed by atoms with van der Waals surface area (Å²) >= 11 is 0. The second kappa shape index (κ2) is 29.4. The van der Waals surface area contributed by atoms with Crippen LogP contribution < -0.4 is 70.6 Å². The summed E-state index contributed by atoms with van der Waals surface area (Å²) in [6.07, 6.45) is 0. The van der Waals surface area contributed by atoms with Gasteiger partial charge < -0.3 is 72.3 Å². The fraction of sp³-hybridized carbons (Fsp3) is 1.00. The first kappa shape index (κ1) is 84.2. The number of hydrogen-bond donors (Lipinski definition) is 0. The van der Waals surface area contributed by atoms with E-state index in [4.69, 9.17) is 53.1 Å². The van der Waals surface area contributed by atoms with E-state index in [-0.39, 0.29) is 82.5 Å². The monoisotopic (exact) mass is 1330 g/mol. The van der Waals surface area contributed by atoms with E-state index < -0.39 is 103 Å². The molecule has 1 radical (unpaired) electrons. The molecule has 70 heavy (non-hydrogen) atoms. The molecule has 0 aromatic heterocycles. The van der Waals surface area contributed by atoms with E-state index in [0.29, 0.717) is 0 Å². The molecule has 0 unspecified atom stereocenters. The summed E-state index contributed by atoms with van der Waals surface area (Å²) < 4.78 is 66.2. The smallest absolute Gasteiger partial charge is 0.793 e. The van der Waals surface area contributed by atoms with Gasteiger partial charge in [0.05, 0.1) is 67.2 Å². The van der Waals surface area contributed by atoms with Gasteiger partial charge in [0.1, 0.15) is 0 Å². The molecule has 0 aliphatic rings. The van der Waals surface area contributed by atoms with Crippen LogP contribution in [0.4, 0.5) is 0 Å². The Kier molecular flexibility index (Phi) is 35.4. The maximum atomic E-state index is 12.6. The van der Waals surface area contributed by atoms with Gasteiger partial charge in [0, 0.05) is 0 Å². The van der Waals surface area contributed by atoms with E-state index in [0.717, 1.165) is 0 Å². The molecular weight excluding hydrogens is 1220 g/mol. The third kappa shape index (κ3) is 61.8. The molecule has 0 atom stereocenters. The van der Waals surface area contributed by atoms with Crippen molar-refractivity contribution in [2.24, 2.45) is 0 Å². The van der Waals surface area contributed by atoms with Crippen LogP contribution in [-0.4, -0.2) is 103 Å². The van der Waals surface area contributed by atoms with Gasteiger partial charge in [-0.25, -0.2) is 0 Å². The molecule has 417 valence electrons. The van der Waals surface area contributed by atoms with Gasteiger partial charge in [0.15, 0.2) is 0 Å². The number of hydrogen-bond acceptors (Lipinski definition) is 16. The molecule has 0 aromatic carbocycles. The van der Waals surface area contributed by atoms with Crippen molar-refractivity contribution in [2.45, 2.75) is 316 Å². The standard InChI is InChI=1S/4C12H27O4Si.K.U/c4*1-10(2,3)14-17(13,15-11(4,5)6)16-12(7,8)9;;/h4*1-9H3;;/q4*-1;+1;+3. The summed E-state index contributed by atoms with van der Waals surface area (Å²) in [5.74, 6) is 0. The zero-order valence-electron chi connectivity index (χ0n) is 52.0. The van der Waals surface area contributed by atoms with Crippen molar-refractivity contribution in [1.29, 1.82) is 0 Å². The van der Waals surface area contributed by atoms with Crippen molar-refractivity contribution >= 4 is 36.2 Å². The van der Waals surface area contributed by atoms with Crippen molar-refractivity contribution in [3.8, 4) is 0 Å². The van der Waals surface area contributed by atoms with Crippen LogP contribution in [0, 0.1) is 31.1 Å². The maximum absolute atomic E-state index is 12.6. The quantitative estimate of drug-likeness (QED) is 0.208. The van der Waals surface area contributed by atoms with Crippen LogP contribution in [0.2, 0.25) is 0 Å². The first-order valence-corrected chi connectivity index (χ1v) is 30.2. The molecule has 0 bridgehead atoms. The zero-order valence-corrected chi connectivity index (χ0v) is 63.3. The Balaban J connectivity index is -0.000000193. The Hall–Kier alpha value is 2.92. The van der Waals surface area contributed by atoms with E-state index in [2.05, 4.69) is 0 Å². The van der Waals surface area contributed by atoms with Crippen molar-refractivity contribution in [3.63, 3.8) is 0 Å². The Bertz CT molecular complexity index is 1050. The molecule has 22 heteroatoms. The first-order chi connectivity index (χ1) is 28.5. The Morgan fingerprint density at radius 3 is 0.243 bits per heavy atom. The SMILES string of the molecule is CC(C)(C)O[Si]([O-])(OC(C)(C)C)OC(C)(C)C.CC(C)(C)O[Si]([O-])(OC(C)(C)C)OC(C)(C)C.CC(C)(C)O[Si]([O-])(OC(C)(C)C)OC(C)(C)C.CC(C)(C)O[Si]([O-])(OC(C)(C)C)OC(C)(C)C.[K+].[U+3]. The predicted molar refractivity (Wildman–Crippen MR) is 273 cm³/mol. The van der Waals surface area contributed by atoms with Gasteiger partial charge in [0.25, 0.3) is 0 Å². The van der Waals surface area contributed by atoms with Crippen LogP contribution in [0.1, 0.15) is 249 Å². The molecule has 0 N–H and O–H groups in total. The molecule has 0 spiro atoms. The van der Waals surface area contributed by atoms with Gasteiger partial charge in [-0.3, -0.25) is 0 Å². The fourth-order valence-electron chi connectivity index (χ4n) is 4.75. The van der Waals surface area contributed by atoms with Crippen LogP contribution in [0.25, 0.3) is 0 Å². The van der Waals surface area contributed by atoms with Gasteiger partial charge in [-0.1, -0.05) is 0 Å². The molecule has 0 heterocycles. The van der Waals surface area contributed by atoms with Crippen LogP contribution in [0.3, 0.4) is 0 Å². The topological polar surface area (TPSA) is 203 Å². The van der Waals surface area contributed by atoms with Gasteiger partial charge in [-0.15, -0.1) is 0 Å². The Morgan fingerprint density at radius 1 is 0.171 bits per heavy atom. The van der Waals surface area contributed by atoms with Crippen molar-refractivity contribution in [1.82, 2.24) is 0 Å². The molecular formula is C48H108KO16Si4U. The molecule has 0 aliphatic carbocycles. The molecule has 16 nitrogen and oxygen atoms in total. The van der Waals surface area contributed by atoms with Crippen LogP contribution in [-0.2, 0) is 53.1 Å². The minimum Gasteiger partial charge on any atom is -0.793 e. The van der Waals surface area contributed by atoms with E-state index >= 15 is 0 Å². The summed E-state index contributed by atoms with van der Waals surface area (Å²) in [5.41, 5.74) is -6.95. The molecule has 0 saturated heterocycles. The van der Waals surface area contributed by atoms with E-state index in [1.165, 1.54) is 0 Å². The van der Waals surface area contributed by atoms with Crippen molar-refractivity contribution in [3.05, 3.63) is 0 Å². The third-order valence-corrected chi connectivity index (χ3v) is 15.5. The molecule has 0 fully saturated rings. The van der Waals surface area contributed by atoms with E-state index in [1.807, 2.05) is 249 Å². The van der Waals surface area contributed by atoms with Gasteiger partial charge in [0.2, 0.25) is 0 Å². The zero-order chi connectivity index (χ0) is 56.5. The Morgan fingerprint density at radius 2 is 0.214 bits per heavy atom. The molecule has 0 aromatic rings. The minimum atomic E-state index is -3.91. The Labute approximate surface area is 502 Å². The largest absolute Gasteiger partial charge is 3.00 e. The second-order valence-electron chi connectivity index (χ2n) is 28.6. The van der Waals surface area contributed by atoms with Gasteiger partial charge in [-0.2, -0.15) is 0 Å². The molecule has 0 saturated carbocycles. The molecule has 0 aliphatic heterocycles. The summed E-state index contributed by atoms with van der Waals surface area (Å²) in [6, 6.07) is 0. The van der Waals surface area contributed by atoms with Gasteiger partial charge >= 0.3 is 119 Å². The fourth-order valence-corrected chi connectivity index (χ4v) is 14.3. The third-order valence-electron chi connectivity index (χ3n) is 5.17. The summed E-state index contributed by atoms with van der Waals surface area (Å²) in [4.78, 5) is 50.5. The maximum Gasteiger partial charge on any atom is 3.00 e. The average molecular weight is 1330 g/mol. The first-order valence-electron chi connectivity index (χ1n) is 23.7. The summed E-state index contributed by atoms with van der Waals surface area (Å²) in [5, 5.41) is 0. The summed E-state index contributed by atoms with van der Waals surface area (Å²) in [7, 11) is -15.6.